The summed E-state index contributed by atoms with van der Waals surface area (Å²) in [5.41, 5.74) is 2.67. The molecular formula is C20H22N5O3+. The third-order valence-electron chi connectivity index (χ3n) is 5.30. The quantitative estimate of drug-likeness (QED) is 0.602. The second-order valence-electron chi connectivity index (χ2n) is 6.86. The van der Waals surface area contributed by atoms with Crippen LogP contribution in [-0.4, -0.2) is 52.8 Å². The summed E-state index contributed by atoms with van der Waals surface area (Å²) in [4.78, 5) is 32.5. The van der Waals surface area contributed by atoms with Gasteiger partial charge in [-0.25, -0.2) is 9.36 Å². The number of nitrogens with zero attached hydrogens (tertiary/aromatic N) is 5. The number of amides is 3. The predicted molar refractivity (Wildman–Crippen MR) is 103 cm³/mol. The molecular weight excluding hydrogens is 358 g/mol. The first-order chi connectivity index (χ1) is 13.4. The van der Waals surface area contributed by atoms with E-state index in [1.165, 1.54) is 11.9 Å². The predicted octanol–water partition coefficient (Wildman–Crippen LogP) is 2.05. The van der Waals surface area contributed by atoms with E-state index in [0.717, 1.165) is 22.0 Å². The zero-order valence-electron chi connectivity index (χ0n) is 16.3. The number of rotatable bonds is 4. The molecule has 0 saturated carbocycles. The van der Waals surface area contributed by atoms with Crippen LogP contribution in [0.4, 0.5) is 10.7 Å². The number of imidazole rings is 1. The summed E-state index contributed by atoms with van der Waals surface area (Å²) in [7, 11) is 3.13. The van der Waals surface area contributed by atoms with Gasteiger partial charge in [0.15, 0.2) is 5.75 Å². The zero-order chi connectivity index (χ0) is 20.2. The standard InChI is InChI=1S/C20H22N5O3/c1-6-11-28-15-10-8-7-9-14(15)24-12(2)13(3)25-16-17(21-19(24)25)22(4)20(27)23(5)18(16)26/h6-10,16H,1,11H2,2-5H3/q+1. The van der Waals surface area contributed by atoms with Crippen molar-refractivity contribution in [2.75, 3.05) is 20.7 Å². The summed E-state index contributed by atoms with van der Waals surface area (Å²) >= 11 is 0. The highest BCUT2D eigenvalue weighted by molar-refractivity contribution is 6.18. The molecule has 3 amide bonds. The molecule has 0 spiro atoms. The molecule has 1 unspecified atom stereocenters. The summed E-state index contributed by atoms with van der Waals surface area (Å²) in [6.45, 7) is 8.01. The highest BCUT2D eigenvalue weighted by Crippen LogP contribution is 2.35. The molecule has 8 nitrogen and oxygen atoms in total. The Morgan fingerprint density at radius 1 is 1.21 bits per heavy atom. The number of likely N-dealkylation sites (N-methyl/N-ethyl adjacent to an activating group) is 2. The van der Waals surface area contributed by atoms with Crippen molar-refractivity contribution in [1.29, 1.82) is 0 Å². The monoisotopic (exact) mass is 380 g/mol. The van der Waals surface area contributed by atoms with Gasteiger partial charge in [0.25, 0.3) is 5.91 Å². The summed E-state index contributed by atoms with van der Waals surface area (Å²) < 4.78 is 9.67. The average molecular weight is 380 g/mol. The minimum Gasteiger partial charge on any atom is -0.486 e. The van der Waals surface area contributed by atoms with Crippen molar-refractivity contribution in [3.8, 4) is 11.4 Å². The smallest absolute Gasteiger partial charge is 0.407 e. The van der Waals surface area contributed by atoms with E-state index in [1.54, 1.807) is 13.1 Å². The van der Waals surface area contributed by atoms with Gasteiger partial charge in [-0.3, -0.25) is 14.6 Å². The Balaban J connectivity index is 1.94. The lowest BCUT2D eigenvalue weighted by Gasteiger charge is -2.30. The fraction of sp³-hybridized carbons (Fsp3) is 0.300. The lowest BCUT2D eigenvalue weighted by atomic mass is 10.1. The summed E-state index contributed by atoms with van der Waals surface area (Å²) in [6.07, 6.45) is 1.69. The van der Waals surface area contributed by atoms with E-state index in [4.69, 9.17) is 9.73 Å². The fourth-order valence-corrected chi connectivity index (χ4v) is 3.72. The summed E-state index contributed by atoms with van der Waals surface area (Å²) in [5, 5.41) is 0. The Morgan fingerprint density at radius 3 is 2.64 bits per heavy atom. The number of amidine groups is 1. The van der Waals surface area contributed by atoms with Gasteiger partial charge in [0.2, 0.25) is 11.9 Å². The molecule has 1 saturated heterocycles. The highest BCUT2D eigenvalue weighted by atomic mass is 16.5. The summed E-state index contributed by atoms with van der Waals surface area (Å²) in [5.74, 6) is 1.42. The number of imide groups is 1. The molecule has 144 valence electrons. The molecule has 0 radical (unpaired) electrons. The molecule has 1 aromatic heterocycles. The van der Waals surface area contributed by atoms with Crippen LogP contribution < -0.4 is 9.30 Å². The van der Waals surface area contributed by atoms with Crippen LogP contribution in [0.5, 0.6) is 5.75 Å². The first-order valence-electron chi connectivity index (χ1n) is 8.98. The van der Waals surface area contributed by atoms with E-state index >= 15 is 0 Å². The average Bonchev–Trinajstić information content (AvgIpc) is 3.19. The van der Waals surface area contributed by atoms with Crippen LogP contribution in [0.15, 0.2) is 41.9 Å². The van der Waals surface area contributed by atoms with Gasteiger partial charge in [0.05, 0.1) is 0 Å². The van der Waals surface area contributed by atoms with Gasteiger partial charge >= 0.3 is 12.0 Å². The van der Waals surface area contributed by atoms with Crippen molar-refractivity contribution in [3.05, 3.63) is 48.3 Å². The number of hydrogen-bond donors (Lipinski definition) is 0. The van der Waals surface area contributed by atoms with Crippen molar-refractivity contribution in [2.45, 2.75) is 19.9 Å². The molecule has 3 heterocycles. The van der Waals surface area contributed by atoms with Gasteiger partial charge in [0, 0.05) is 14.1 Å². The Labute approximate surface area is 163 Å². The number of ether oxygens (including phenoxy) is 1. The molecule has 28 heavy (non-hydrogen) atoms. The normalized spacial score (nSPS) is 18.1. The number of fused-ring (bicyclic) bond motifs is 3. The Hall–Kier alpha value is -3.42. The number of carbonyl (C=O) groups is 2. The maximum atomic E-state index is 12.9. The van der Waals surface area contributed by atoms with Gasteiger partial charge in [-0.05, 0) is 26.0 Å². The lowest BCUT2D eigenvalue weighted by molar-refractivity contribution is -0.682. The molecule has 4 rings (SSSR count). The van der Waals surface area contributed by atoms with Gasteiger partial charge in [-0.1, -0.05) is 29.8 Å². The molecule has 0 N–H and O–H groups in total. The summed E-state index contributed by atoms with van der Waals surface area (Å²) in [6, 6.07) is 6.61. The number of carbonyl (C=O) groups excluding carboxylic acids is 2. The van der Waals surface area contributed by atoms with Crippen LogP contribution in [-0.2, 0) is 4.79 Å². The fourth-order valence-electron chi connectivity index (χ4n) is 3.72. The first-order valence-corrected chi connectivity index (χ1v) is 8.98. The molecule has 1 aromatic carbocycles. The van der Waals surface area contributed by atoms with Crippen LogP contribution in [0.3, 0.4) is 0 Å². The maximum absolute atomic E-state index is 12.9. The van der Waals surface area contributed by atoms with Crippen LogP contribution in [0.25, 0.3) is 5.69 Å². The van der Waals surface area contributed by atoms with Crippen molar-refractivity contribution in [3.63, 3.8) is 0 Å². The largest absolute Gasteiger partial charge is 0.486 e. The van der Waals surface area contributed by atoms with E-state index in [1.807, 2.05) is 47.2 Å². The zero-order valence-corrected chi connectivity index (χ0v) is 16.3. The molecule has 0 bridgehead atoms. The second-order valence-corrected chi connectivity index (χ2v) is 6.86. The van der Waals surface area contributed by atoms with Gasteiger partial charge in [0.1, 0.15) is 23.7 Å². The Bertz CT molecular complexity index is 1050. The molecule has 1 fully saturated rings. The third-order valence-corrected chi connectivity index (χ3v) is 5.30. The van der Waals surface area contributed by atoms with E-state index in [-0.39, 0.29) is 11.9 Å². The van der Waals surface area contributed by atoms with Crippen LogP contribution >= 0.6 is 0 Å². The van der Waals surface area contributed by atoms with E-state index in [2.05, 4.69) is 6.58 Å². The van der Waals surface area contributed by atoms with Crippen LogP contribution in [0.1, 0.15) is 17.4 Å². The number of aliphatic imine (C=N–C) groups is 1. The Morgan fingerprint density at radius 2 is 1.93 bits per heavy atom. The number of para-hydroxylation sites is 2. The minimum atomic E-state index is -0.649. The first kappa shape index (κ1) is 18.0. The molecule has 8 heteroatoms. The topological polar surface area (TPSA) is 71.0 Å². The van der Waals surface area contributed by atoms with E-state index in [0.29, 0.717) is 24.1 Å². The highest BCUT2D eigenvalue weighted by Gasteiger charge is 2.53. The van der Waals surface area contributed by atoms with E-state index < -0.39 is 6.04 Å². The van der Waals surface area contributed by atoms with Crippen molar-refractivity contribution in [1.82, 2.24) is 14.4 Å². The second kappa shape index (κ2) is 6.33. The van der Waals surface area contributed by atoms with E-state index in [9.17, 15) is 9.59 Å². The molecule has 2 aromatic rings. The maximum Gasteiger partial charge on any atom is 0.407 e. The third kappa shape index (κ3) is 2.30. The number of urea groups is 1. The number of hydrogen-bond acceptors (Lipinski definition) is 4. The Kier molecular flexibility index (Phi) is 4.06. The molecule has 0 aliphatic carbocycles. The number of benzene rings is 1. The van der Waals surface area contributed by atoms with Gasteiger partial charge in [-0.2, -0.15) is 4.57 Å². The van der Waals surface area contributed by atoms with Crippen molar-refractivity contribution < 1.29 is 18.9 Å². The molecule has 2 aliphatic heterocycles. The molecule has 1 atom stereocenters. The van der Waals surface area contributed by atoms with Crippen molar-refractivity contribution in [2.24, 2.45) is 4.99 Å². The van der Waals surface area contributed by atoms with Gasteiger partial charge < -0.3 is 4.74 Å². The van der Waals surface area contributed by atoms with Gasteiger partial charge in [-0.15, -0.1) is 0 Å². The number of aromatic nitrogens is 2. The minimum absolute atomic E-state index is 0.290. The molecule has 2 aliphatic rings. The van der Waals surface area contributed by atoms with Crippen molar-refractivity contribution >= 4 is 23.7 Å². The lowest BCUT2D eigenvalue weighted by Crippen LogP contribution is -2.62. The van der Waals surface area contributed by atoms with Crippen LogP contribution in [0.2, 0.25) is 0 Å². The SMILES string of the molecule is C=CCOc1ccccc1-n1c(C)c(C)[n+]2c1N=C1C2C(=O)N(C)C(=O)N1C. The van der Waals surface area contributed by atoms with Crippen LogP contribution in [0, 0.1) is 13.8 Å².